The van der Waals surface area contributed by atoms with Gasteiger partial charge in [0.05, 0.1) is 22.6 Å². The molecule has 2 aromatic heterocycles. The maximum atomic E-state index is 14.5. The summed E-state index contributed by atoms with van der Waals surface area (Å²) in [6.45, 7) is 1.59. The van der Waals surface area contributed by atoms with E-state index in [1.165, 1.54) is 18.9 Å². The lowest BCUT2D eigenvalue weighted by molar-refractivity contribution is -0.143. The largest absolute Gasteiger partial charge is 0.496 e. The molecule has 1 amide bonds. The first-order chi connectivity index (χ1) is 20.8. The molecule has 0 radical (unpaired) electrons. The van der Waals surface area contributed by atoms with E-state index >= 15 is 0 Å². The number of ether oxygens (including phenoxy) is 1. The number of fused-ring (bicyclic) bond motifs is 1. The van der Waals surface area contributed by atoms with Crippen molar-refractivity contribution in [3.63, 3.8) is 0 Å². The first-order valence-corrected chi connectivity index (χ1v) is 14.0. The Kier molecular flexibility index (Phi) is 8.64. The number of benzene rings is 2. The van der Waals surface area contributed by atoms with Crippen molar-refractivity contribution in [3.05, 3.63) is 84.3 Å². The van der Waals surface area contributed by atoms with Gasteiger partial charge >= 0.3 is 6.18 Å². The molecule has 3 heterocycles. The smallest absolute Gasteiger partial charge is 0.433 e. The lowest BCUT2D eigenvalue weighted by Crippen LogP contribution is -2.48. The van der Waals surface area contributed by atoms with Crippen LogP contribution in [0.5, 0.6) is 5.75 Å². The number of nitrogens with zero attached hydrogens (tertiary/aromatic N) is 8. The Labute approximate surface area is 259 Å². The monoisotopic (exact) mass is 730 g/mol. The first kappa shape index (κ1) is 31.3. The number of carbonyl (C=O) groups excluding carboxylic acids is 1. The third kappa shape index (κ3) is 5.73. The van der Waals surface area contributed by atoms with Crippen LogP contribution in [0, 0.1) is 27.9 Å². The van der Waals surface area contributed by atoms with E-state index < -0.39 is 40.9 Å². The van der Waals surface area contributed by atoms with Crippen LogP contribution in [0.2, 0.25) is 0 Å². The number of halogens is 7. The highest BCUT2D eigenvalue weighted by Crippen LogP contribution is 2.38. The average molecular weight is 730 g/mol. The number of alkyl halides is 3. The molecule has 1 saturated heterocycles. The zero-order valence-corrected chi connectivity index (χ0v) is 25.1. The summed E-state index contributed by atoms with van der Waals surface area (Å²) in [6.07, 6.45) is -3.77. The van der Waals surface area contributed by atoms with Crippen molar-refractivity contribution in [1.29, 1.82) is 0 Å². The molecule has 0 saturated carbocycles. The molecule has 230 valence electrons. The van der Waals surface area contributed by atoms with Crippen LogP contribution in [0.15, 0.2) is 35.6 Å². The van der Waals surface area contributed by atoms with Gasteiger partial charge in [0.2, 0.25) is 0 Å². The first-order valence-electron chi connectivity index (χ1n) is 12.9. The van der Waals surface area contributed by atoms with E-state index in [2.05, 4.69) is 20.1 Å². The normalized spacial score (nSPS) is 14.2. The van der Waals surface area contributed by atoms with E-state index in [4.69, 9.17) is 10.3 Å². The maximum absolute atomic E-state index is 14.5. The van der Waals surface area contributed by atoms with Gasteiger partial charge < -0.3 is 9.64 Å². The Balaban J connectivity index is 1.42. The molecule has 10 nitrogen and oxygen atoms in total. The van der Waals surface area contributed by atoms with Gasteiger partial charge in [0.1, 0.15) is 22.8 Å². The van der Waals surface area contributed by atoms with E-state index in [9.17, 15) is 31.1 Å². The Hall–Kier alpha value is -4.09. The van der Waals surface area contributed by atoms with Gasteiger partial charge in [0.15, 0.2) is 23.0 Å². The molecule has 0 aliphatic carbocycles. The van der Waals surface area contributed by atoms with Crippen LogP contribution in [0.25, 0.3) is 27.3 Å². The van der Waals surface area contributed by atoms with Crippen molar-refractivity contribution in [3.8, 4) is 17.0 Å². The van der Waals surface area contributed by atoms with Crippen LogP contribution < -0.4 is 4.74 Å². The standard InChI is InChI=1S/C27H21F6IN8O2/c1-13-22(14-3-4-19(44-2)18(34)10-14)37-25-16(11-36-42(25)24(13)27(31,32)33)26(43)41-7-5-40(6-8-41)12-15-9-17(28)23(38-39-35)21(30)20(15)29/h3-4,9-11H,5-8,12H2,1-2H3. The van der Waals surface area contributed by atoms with Crippen LogP contribution >= 0.6 is 22.6 Å². The molecule has 1 aliphatic heterocycles. The van der Waals surface area contributed by atoms with Gasteiger partial charge in [-0.25, -0.2) is 22.7 Å². The molecule has 0 atom stereocenters. The molecule has 44 heavy (non-hydrogen) atoms. The minimum atomic E-state index is -4.81. The lowest BCUT2D eigenvalue weighted by atomic mass is 10.0. The summed E-state index contributed by atoms with van der Waals surface area (Å²) in [5.41, 5.74) is 5.82. The second kappa shape index (κ2) is 12.1. The summed E-state index contributed by atoms with van der Waals surface area (Å²) in [5.74, 6) is -4.26. The molecule has 17 heteroatoms. The topological polar surface area (TPSA) is 112 Å². The minimum Gasteiger partial charge on any atom is -0.496 e. The molecule has 0 unspecified atom stereocenters. The molecule has 2 aromatic carbocycles. The van der Waals surface area contributed by atoms with Crippen LogP contribution in [0.1, 0.15) is 27.2 Å². The molecule has 1 fully saturated rings. The second-order valence-electron chi connectivity index (χ2n) is 9.83. The van der Waals surface area contributed by atoms with Gasteiger partial charge in [-0.2, -0.15) is 18.3 Å². The van der Waals surface area contributed by atoms with Crippen LogP contribution in [-0.4, -0.2) is 63.6 Å². The fraction of sp³-hybridized carbons (Fsp3) is 0.296. The Morgan fingerprint density at radius 2 is 1.84 bits per heavy atom. The summed E-state index contributed by atoms with van der Waals surface area (Å²) in [5, 5.41) is 6.71. The molecule has 0 bridgehead atoms. The fourth-order valence-corrected chi connectivity index (χ4v) is 5.79. The zero-order valence-electron chi connectivity index (χ0n) is 23.0. The molecule has 4 aromatic rings. The highest BCUT2D eigenvalue weighted by Gasteiger charge is 2.39. The quantitative estimate of drug-likeness (QED) is 0.0551. The number of azide groups is 1. The molecular weight excluding hydrogens is 709 g/mol. The van der Waals surface area contributed by atoms with E-state index in [1.807, 2.05) is 22.6 Å². The van der Waals surface area contributed by atoms with E-state index in [-0.39, 0.29) is 60.8 Å². The summed E-state index contributed by atoms with van der Waals surface area (Å²) < 4.78 is 92.3. The van der Waals surface area contributed by atoms with Crippen molar-refractivity contribution in [2.75, 3.05) is 33.3 Å². The molecule has 0 N–H and O–H groups in total. The summed E-state index contributed by atoms with van der Waals surface area (Å²) >= 11 is 2.00. The number of piperazine rings is 1. The zero-order chi connectivity index (χ0) is 31.9. The molecule has 0 spiro atoms. The Morgan fingerprint density at radius 1 is 1.14 bits per heavy atom. The van der Waals surface area contributed by atoms with Crippen molar-refractivity contribution in [2.45, 2.75) is 19.6 Å². The van der Waals surface area contributed by atoms with E-state index in [1.54, 1.807) is 23.1 Å². The Morgan fingerprint density at radius 3 is 2.45 bits per heavy atom. The number of methoxy groups -OCH3 is 1. The average Bonchev–Trinajstić information content (AvgIpc) is 3.40. The fourth-order valence-electron chi connectivity index (χ4n) is 5.06. The van der Waals surface area contributed by atoms with Gasteiger partial charge in [-0.05, 0) is 59.3 Å². The minimum absolute atomic E-state index is 0.0257. The number of aromatic nitrogens is 3. The van der Waals surface area contributed by atoms with Gasteiger partial charge in [-0.3, -0.25) is 9.69 Å². The number of hydrogen-bond acceptors (Lipinski definition) is 6. The van der Waals surface area contributed by atoms with Gasteiger partial charge in [0.25, 0.3) is 5.91 Å². The van der Waals surface area contributed by atoms with Crippen molar-refractivity contribution >= 4 is 39.8 Å². The molecule has 1 aliphatic rings. The number of rotatable bonds is 6. The maximum Gasteiger partial charge on any atom is 0.433 e. The second-order valence-corrected chi connectivity index (χ2v) is 11.0. The predicted octanol–water partition coefficient (Wildman–Crippen LogP) is 6.65. The van der Waals surface area contributed by atoms with Crippen molar-refractivity contribution in [2.24, 2.45) is 5.11 Å². The third-order valence-electron chi connectivity index (χ3n) is 7.22. The molecular formula is C27H21F6IN8O2. The van der Waals surface area contributed by atoms with E-state index in [0.717, 1.165) is 12.3 Å². The predicted molar refractivity (Wildman–Crippen MR) is 154 cm³/mol. The molecule has 5 rings (SSSR count). The van der Waals surface area contributed by atoms with Crippen molar-refractivity contribution < 1.29 is 35.9 Å². The number of hydrogen-bond donors (Lipinski definition) is 0. The van der Waals surface area contributed by atoms with Crippen LogP contribution in [0.4, 0.5) is 32.0 Å². The SMILES string of the molecule is COc1ccc(-c2nc3c(C(=O)N4CCN(Cc5cc(F)c(N=[N+]=[N-])c(F)c5F)CC4)cnn3c(C(F)(F)F)c2C)cc1I. The van der Waals surface area contributed by atoms with Gasteiger partial charge in [-0.15, -0.1) is 0 Å². The summed E-state index contributed by atoms with van der Waals surface area (Å²) in [6, 6.07) is 5.56. The number of carbonyl (C=O) groups is 1. The highest BCUT2D eigenvalue weighted by molar-refractivity contribution is 14.1. The van der Waals surface area contributed by atoms with Crippen LogP contribution in [0.3, 0.4) is 0 Å². The summed E-state index contributed by atoms with van der Waals surface area (Å²) in [4.78, 5) is 23.3. The summed E-state index contributed by atoms with van der Waals surface area (Å²) in [7, 11) is 1.47. The highest BCUT2D eigenvalue weighted by atomic mass is 127. The van der Waals surface area contributed by atoms with Gasteiger partial charge in [0, 0.05) is 54.3 Å². The van der Waals surface area contributed by atoms with Crippen molar-refractivity contribution in [1.82, 2.24) is 24.4 Å². The van der Waals surface area contributed by atoms with E-state index in [0.29, 0.717) is 19.4 Å². The lowest BCUT2D eigenvalue weighted by Gasteiger charge is -2.34. The van der Waals surface area contributed by atoms with Gasteiger partial charge in [-0.1, -0.05) is 5.11 Å². The number of amides is 1. The Bertz CT molecular complexity index is 1830. The van der Waals surface area contributed by atoms with Crippen LogP contribution in [-0.2, 0) is 12.7 Å². The third-order valence-corrected chi connectivity index (χ3v) is 8.06.